The molecule has 33 heavy (non-hydrogen) atoms. The van der Waals surface area contributed by atoms with Gasteiger partial charge in [0, 0.05) is 23.9 Å². The van der Waals surface area contributed by atoms with Crippen LogP contribution < -0.4 is 5.32 Å². The molecule has 0 unspecified atom stereocenters. The van der Waals surface area contributed by atoms with Crippen LogP contribution in [-0.2, 0) is 14.8 Å². The van der Waals surface area contributed by atoms with Gasteiger partial charge in [-0.05, 0) is 53.5 Å². The molecular weight excluding hydrogens is 452 g/mol. The molecule has 0 spiro atoms. The largest absolute Gasteiger partial charge is 0.344 e. The number of carbonyl (C=O) groups excluding carboxylic acids is 1. The highest BCUT2D eigenvalue weighted by atomic mass is 32.2. The number of nitrogens with one attached hydrogen (secondary N) is 1. The fourth-order valence-corrected chi connectivity index (χ4v) is 6.48. The second kappa shape index (κ2) is 10.2. The van der Waals surface area contributed by atoms with Crippen molar-refractivity contribution in [1.82, 2.24) is 9.62 Å². The average molecular weight is 483 g/mol. The molecule has 3 aromatic rings. The monoisotopic (exact) mass is 482 g/mol. The lowest BCUT2D eigenvalue weighted by atomic mass is 9.96. The summed E-state index contributed by atoms with van der Waals surface area (Å²) in [4.78, 5) is 14.5. The third-order valence-corrected chi connectivity index (χ3v) is 9.11. The summed E-state index contributed by atoms with van der Waals surface area (Å²) in [5.74, 6) is 0.131. The molecule has 1 aliphatic rings. The molecule has 1 amide bonds. The third-order valence-electron chi connectivity index (χ3n) is 6.26. The van der Waals surface area contributed by atoms with E-state index in [1.54, 1.807) is 23.5 Å². The lowest BCUT2D eigenvalue weighted by Gasteiger charge is -2.31. The van der Waals surface area contributed by atoms with E-state index in [2.05, 4.69) is 19.2 Å². The Morgan fingerprint density at radius 2 is 1.61 bits per heavy atom. The van der Waals surface area contributed by atoms with Crippen molar-refractivity contribution < 1.29 is 13.2 Å². The van der Waals surface area contributed by atoms with E-state index in [9.17, 15) is 13.2 Å². The minimum Gasteiger partial charge on any atom is -0.344 e. The fourth-order valence-electron chi connectivity index (χ4n) is 4.21. The van der Waals surface area contributed by atoms with Gasteiger partial charge in [-0.2, -0.15) is 4.31 Å². The summed E-state index contributed by atoms with van der Waals surface area (Å²) in [7, 11) is -3.55. The van der Waals surface area contributed by atoms with Gasteiger partial charge in [-0.15, -0.1) is 11.3 Å². The molecule has 2 heterocycles. The van der Waals surface area contributed by atoms with Crippen molar-refractivity contribution in [1.29, 1.82) is 0 Å². The predicted octanol–water partition coefficient (Wildman–Crippen LogP) is 5.18. The van der Waals surface area contributed by atoms with E-state index in [0.29, 0.717) is 36.7 Å². The van der Waals surface area contributed by atoms with Crippen LogP contribution in [0.2, 0.25) is 0 Å². The van der Waals surface area contributed by atoms with Crippen LogP contribution in [0.3, 0.4) is 0 Å². The molecular formula is C26H30N2O3S2. The van der Waals surface area contributed by atoms with E-state index in [-0.39, 0.29) is 17.9 Å². The number of hydrogen-bond acceptors (Lipinski definition) is 4. The molecule has 1 N–H and O–H groups in total. The van der Waals surface area contributed by atoms with Gasteiger partial charge in [0.05, 0.1) is 10.9 Å². The van der Waals surface area contributed by atoms with Crippen LogP contribution in [0.5, 0.6) is 0 Å². The summed E-state index contributed by atoms with van der Waals surface area (Å²) >= 11 is 1.62. The molecule has 4 rings (SSSR count). The van der Waals surface area contributed by atoms with E-state index in [1.165, 1.54) is 4.31 Å². The maximum absolute atomic E-state index is 13.1. The lowest BCUT2D eigenvalue weighted by molar-refractivity contribution is -0.126. The second-order valence-corrected chi connectivity index (χ2v) is 11.7. The summed E-state index contributed by atoms with van der Waals surface area (Å²) < 4.78 is 27.7. The molecule has 0 saturated carbocycles. The number of piperidine rings is 1. The number of amides is 1. The molecule has 2 aromatic carbocycles. The Hall–Kier alpha value is -2.48. The Morgan fingerprint density at radius 1 is 0.939 bits per heavy atom. The topological polar surface area (TPSA) is 66.5 Å². The molecule has 0 bridgehead atoms. The Morgan fingerprint density at radius 3 is 2.18 bits per heavy atom. The van der Waals surface area contributed by atoms with Gasteiger partial charge in [-0.1, -0.05) is 62.4 Å². The Balaban J connectivity index is 1.41. The zero-order valence-corrected chi connectivity index (χ0v) is 20.6. The highest BCUT2D eigenvalue weighted by Gasteiger charge is 2.33. The van der Waals surface area contributed by atoms with Crippen molar-refractivity contribution >= 4 is 27.3 Å². The van der Waals surface area contributed by atoms with Crippen molar-refractivity contribution in [3.05, 3.63) is 88.1 Å². The van der Waals surface area contributed by atoms with E-state index in [0.717, 1.165) is 16.0 Å². The zero-order chi connectivity index (χ0) is 23.4. The standard InChI is InChI=1S/C26H30N2O3S2/c1-19(2)20-10-12-23(13-11-20)33(30,31)28-16-14-22(15-17-28)26(29)27-25(24-9-6-18-32-24)21-7-4-3-5-8-21/h3-13,18-19,22,25H,14-17H2,1-2H3,(H,27,29)/t25-/m1/s1. The van der Waals surface area contributed by atoms with Crippen molar-refractivity contribution in [2.45, 2.75) is 43.5 Å². The van der Waals surface area contributed by atoms with Gasteiger partial charge < -0.3 is 5.32 Å². The molecule has 5 nitrogen and oxygen atoms in total. The number of rotatable bonds is 7. The van der Waals surface area contributed by atoms with Crippen molar-refractivity contribution in [2.24, 2.45) is 5.92 Å². The summed E-state index contributed by atoms with van der Waals surface area (Å²) in [5.41, 5.74) is 2.15. The quantitative estimate of drug-likeness (QED) is 0.505. The number of thiophene rings is 1. The Labute approximate surface area is 200 Å². The number of nitrogens with zero attached hydrogens (tertiary/aromatic N) is 1. The van der Waals surface area contributed by atoms with Gasteiger partial charge in [0.2, 0.25) is 15.9 Å². The van der Waals surface area contributed by atoms with Crippen LogP contribution in [0.1, 0.15) is 54.7 Å². The van der Waals surface area contributed by atoms with Gasteiger partial charge >= 0.3 is 0 Å². The van der Waals surface area contributed by atoms with E-state index in [1.807, 2.05) is 60.0 Å². The summed E-state index contributed by atoms with van der Waals surface area (Å²) in [5, 5.41) is 5.22. The second-order valence-electron chi connectivity index (χ2n) is 8.77. The van der Waals surface area contributed by atoms with Crippen molar-refractivity contribution in [3.8, 4) is 0 Å². The molecule has 7 heteroatoms. The minimum atomic E-state index is -3.55. The molecule has 1 saturated heterocycles. The lowest BCUT2D eigenvalue weighted by Crippen LogP contribution is -2.43. The first kappa shape index (κ1) is 23.7. The third kappa shape index (κ3) is 5.37. The van der Waals surface area contributed by atoms with Crippen molar-refractivity contribution in [3.63, 3.8) is 0 Å². The number of hydrogen-bond donors (Lipinski definition) is 1. The van der Waals surface area contributed by atoms with Crippen LogP contribution >= 0.6 is 11.3 Å². The maximum atomic E-state index is 13.1. The Kier molecular flexibility index (Phi) is 7.32. The molecule has 1 aromatic heterocycles. The van der Waals surface area contributed by atoms with Gasteiger partial charge in [-0.3, -0.25) is 4.79 Å². The predicted molar refractivity (Wildman–Crippen MR) is 133 cm³/mol. The first-order valence-corrected chi connectivity index (χ1v) is 13.7. The van der Waals surface area contributed by atoms with E-state index < -0.39 is 10.0 Å². The molecule has 0 radical (unpaired) electrons. The van der Waals surface area contributed by atoms with E-state index in [4.69, 9.17) is 0 Å². The first-order chi connectivity index (χ1) is 15.9. The normalized spacial score (nSPS) is 16.6. The Bertz CT molecular complexity index is 1150. The van der Waals surface area contributed by atoms with Crippen molar-refractivity contribution in [2.75, 3.05) is 13.1 Å². The van der Waals surface area contributed by atoms with Crippen LogP contribution in [0, 0.1) is 5.92 Å². The molecule has 174 valence electrons. The average Bonchev–Trinajstić information content (AvgIpc) is 3.38. The summed E-state index contributed by atoms with van der Waals surface area (Å²) in [6, 6.07) is 20.9. The highest BCUT2D eigenvalue weighted by Crippen LogP contribution is 2.29. The fraction of sp³-hybridized carbons (Fsp3) is 0.346. The smallest absolute Gasteiger partial charge is 0.243 e. The SMILES string of the molecule is CC(C)c1ccc(S(=O)(=O)N2CCC(C(=O)N[C@H](c3ccccc3)c3cccs3)CC2)cc1. The van der Waals surface area contributed by atoms with E-state index >= 15 is 0 Å². The molecule has 0 aliphatic carbocycles. The number of benzene rings is 2. The summed E-state index contributed by atoms with van der Waals surface area (Å²) in [6.45, 7) is 4.86. The van der Waals surface area contributed by atoms with Crippen LogP contribution in [0.25, 0.3) is 0 Å². The van der Waals surface area contributed by atoms with Gasteiger partial charge in [-0.25, -0.2) is 8.42 Å². The van der Waals surface area contributed by atoms with Gasteiger partial charge in [0.15, 0.2) is 0 Å². The number of sulfonamides is 1. The van der Waals surface area contributed by atoms with Gasteiger partial charge in [0.1, 0.15) is 0 Å². The molecule has 1 aliphatic heterocycles. The first-order valence-electron chi connectivity index (χ1n) is 11.3. The minimum absolute atomic E-state index is 0.0180. The van der Waals surface area contributed by atoms with Crippen LogP contribution in [0.4, 0.5) is 0 Å². The maximum Gasteiger partial charge on any atom is 0.243 e. The molecule has 1 fully saturated rings. The number of carbonyl (C=O) groups is 1. The summed E-state index contributed by atoms with van der Waals surface area (Å²) in [6.07, 6.45) is 1.03. The van der Waals surface area contributed by atoms with Gasteiger partial charge in [0.25, 0.3) is 0 Å². The zero-order valence-electron chi connectivity index (χ0n) is 19.0. The highest BCUT2D eigenvalue weighted by molar-refractivity contribution is 7.89. The molecule has 1 atom stereocenters. The van der Waals surface area contributed by atoms with Crippen LogP contribution in [0.15, 0.2) is 77.0 Å². The van der Waals surface area contributed by atoms with Crippen LogP contribution in [-0.4, -0.2) is 31.7 Å².